The molecule has 1 heterocycles. The first-order valence-corrected chi connectivity index (χ1v) is 5.72. The highest BCUT2D eigenvalue weighted by Gasteiger charge is 2.15. The summed E-state index contributed by atoms with van der Waals surface area (Å²) >= 11 is 0. The molecule has 0 aliphatic rings. The Kier molecular flexibility index (Phi) is 4.10. The van der Waals surface area contributed by atoms with Gasteiger partial charge in [-0.2, -0.15) is 4.98 Å². The van der Waals surface area contributed by atoms with Crippen molar-refractivity contribution in [3.63, 3.8) is 0 Å². The summed E-state index contributed by atoms with van der Waals surface area (Å²) in [6.45, 7) is 8.63. The van der Waals surface area contributed by atoms with Crippen molar-refractivity contribution < 1.29 is 0 Å². The molecule has 0 spiro atoms. The van der Waals surface area contributed by atoms with Crippen LogP contribution in [0.3, 0.4) is 0 Å². The summed E-state index contributed by atoms with van der Waals surface area (Å²) in [6, 6.07) is 2.47. The van der Waals surface area contributed by atoms with Crippen molar-refractivity contribution in [2.75, 3.05) is 24.3 Å². The lowest BCUT2D eigenvalue weighted by Crippen LogP contribution is -2.34. The fourth-order valence-corrected chi connectivity index (χ4v) is 1.50. The molecule has 0 aliphatic heterocycles. The molecule has 0 aromatic carbocycles. The average Bonchev–Trinajstić information content (AvgIpc) is 2.25. The fraction of sp³-hybridized carbons (Fsp3) is 0.667. The van der Waals surface area contributed by atoms with Gasteiger partial charge in [0.15, 0.2) is 0 Å². The second kappa shape index (κ2) is 5.14. The van der Waals surface area contributed by atoms with Gasteiger partial charge in [0, 0.05) is 31.9 Å². The first-order valence-electron chi connectivity index (χ1n) is 5.72. The number of aromatic nitrogens is 2. The first kappa shape index (κ1) is 12.7. The Labute approximate surface area is 98.1 Å². The normalized spacial score (nSPS) is 12.7. The standard InChI is InChI=1S/C12H22N4/c1-8(2)10(4)16(6)11-7-9(3)14-12(13-5)15-11/h7-8,10H,1-6H3,(H,13,14,15). The molecule has 90 valence electrons. The van der Waals surface area contributed by atoms with Crippen LogP contribution >= 0.6 is 0 Å². The van der Waals surface area contributed by atoms with Crippen molar-refractivity contribution in [1.29, 1.82) is 0 Å². The summed E-state index contributed by atoms with van der Waals surface area (Å²) in [5, 5.41) is 2.98. The highest BCUT2D eigenvalue weighted by atomic mass is 15.2. The quantitative estimate of drug-likeness (QED) is 0.848. The van der Waals surface area contributed by atoms with E-state index < -0.39 is 0 Å². The largest absolute Gasteiger partial charge is 0.357 e. The van der Waals surface area contributed by atoms with E-state index in [1.807, 2.05) is 20.0 Å². The van der Waals surface area contributed by atoms with Crippen LogP contribution in [0, 0.1) is 12.8 Å². The van der Waals surface area contributed by atoms with Gasteiger partial charge in [0.25, 0.3) is 0 Å². The molecule has 0 saturated carbocycles. The van der Waals surface area contributed by atoms with Gasteiger partial charge in [0.2, 0.25) is 5.95 Å². The van der Waals surface area contributed by atoms with Crippen LogP contribution in [0.4, 0.5) is 11.8 Å². The predicted octanol–water partition coefficient (Wildman–Crippen LogP) is 2.31. The van der Waals surface area contributed by atoms with Crippen LogP contribution in [-0.2, 0) is 0 Å². The third-order valence-electron chi connectivity index (χ3n) is 3.00. The molecular weight excluding hydrogens is 200 g/mol. The smallest absolute Gasteiger partial charge is 0.224 e. The molecule has 1 N–H and O–H groups in total. The summed E-state index contributed by atoms with van der Waals surface area (Å²) < 4.78 is 0. The number of aryl methyl sites for hydroxylation is 1. The van der Waals surface area contributed by atoms with Gasteiger partial charge in [-0.05, 0) is 19.8 Å². The van der Waals surface area contributed by atoms with Crippen molar-refractivity contribution in [2.24, 2.45) is 5.92 Å². The van der Waals surface area contributed by atoms with E-state index in [1.165, 1.54) is 0 Å². The van der Waals surface area contributed by atoms with Gasteiger partial charge in [0.05, 0.1) is 0 Å². The van der Waals surface area contributed by atoms with Crippen molar-refractivity contribution >= 4 is 11.8 Å². The third-order valence-corrected chi connectivity index (χ3v) is 3.00. The number of rotatable bonds is 4. The van der Waals surface area contributed by atoms with E-state index in [0.29, 0.717) is 17.9 Å². The monoisotopic (exact) mass is 222 g/mol. The lowest BCUT2D eigenvalue weighted by atomic mass is 10.1. The Bertz CT molecular complexity index is 349. The topological polar surface area (TPSA) is 41.1 Å². The second-order valence-corrected chi connectivity index (χ2v) is 4.54. The zero-order chi connectivity index (χ0) is 12.3. The highest BCUT2D eigenvalue weighted by molar-refractivity contribution is 5.44. The molecule has 0 bridgehead atoms. The minimum atomic E-state index is 0.457. The Balaban J connectivity index is 2.98. The predicted molar refractivity (Wildman–Crippen MR) is 69.0 cm³/mol. The van der Waals surface area contributed by atoms with Crippen LogP contribution in [0.5, 0.6) is 0 Å². The Morgan fingerprint density at radius 1 is 1.25 bits per heavy atom. The molecule has 0 aliphatic carbocycles. The van der Waals surface area contributed by atoms with Crippen LogP contribution in [0.2, 0.25) is 0 Å². The lowest BCUT2D eigenvalue weighted by molar-refractivity contribution is 0.502. The van der Waals surface area contributed by atoms with E-state index in [2.05, 4.69) is 48.0 Å². The second-order valence-electron chi connectivity index (χ2n) is 4.54. The zero-order valence-electron chi connectivity index (χ0n) is 11.1. The van der Waals surface area contributed by atoms with Gasteiger partial charge >= 0.3 is 0 Å². The molecular formula is C12H22N4. The van der Waals surface area contributed by atoms with Gasteiger partial charge in [-0.25, -0.2) is 4.98 Å². The van der Waals surface area contributed by atoms with Crippen LogP contribution in [0.25, 0.3) is 0 Å². The van der Waals surface area contributed by atoms with Crippen LogP contribution in [-0.4, -0.2) is 30.1 Å². The van der Waals surface area contributed by atoms with Gasteiger partial charge in [-0.3, -0.25) is 0 Å². The zero-order valence-corrected chi connectivity index (χ0v) is 11.1. The molecule has 4 nitrogen and oxygen atoms in total. The van der Waals surface area contributed by atoms with E-state index in [9.17, 15) is 0 Å². The van der Waals surface area contributed by atoms with E-state index >= 15 is 0 Å². The number of nitrogens with zero attached hydrogens (tertiary/aromatic N) is 3. The van der Waals surface area contributed by atoms with Crippen LogP contribution in [0.15, 0.2) is 6.07 Å². The highest BCUT2D eigenvalue weighted by Crippen LogP contribution is 2.18. The average molecular weight is 222 g/mol. The summed E-state index contributed by atoms with van der Waals surface area (Å²) in [5.74, 6) is 2.24. The minimum Gasteiger partial charge on any atom is -0.357 e. The molecule has 0 saturated heterocycles. The molecule has 1 unspecified atom stereocenters. The summed E-state index contributed by atoms with van der Waals surface area (Å²) in [4.78, 5) is 10.9. The molecule has 1 atom stereocenters. The maximum atomic E-state index is 4.46. The molecule has 1 rings (SSSR count). The van der Waals surface area contributed by atoms with Crippen molar-refractivity contribution in [2.45, 2.75) is 33.7 Å². The number of nitrogens with one attached hydrogen (secondary N) is 1. The molecule has 4 heteroatoms. The minimum absolute atomic E-state index is 0.457. The molecule has 0 radical (unpaired) electrons. The third kappa shape index (κ3) is 2.84. The molecule has 0 fully saturated rings. The maximum Gasteiger partial charge on any atom is 0.224 e. The van der Waals surface area contributed by atoms with Gasteiger partial charge < -0.3 is 10.2 Å². The summed E-state index contributed by atoms with van der Waals surface area (Å²) in [7, 11) is 3.91. The number of anilines is 2. The van der Waals surface area contributed by atoms with Gasteiger partial charge in [0.1, 0.15) is 5.82 Å². The number of hydrogen-bond acceptors (Lipinski definition) is 4. The molecule has 1 aromatic rings. The molecule has 0 amide bonds. The van der Waals surface area contributed by atoms with Crippen molar-refractivity contribution in [3.8, 4) is 0 Å². The summed E-state index contributed by atoms with van der Waals surface area (Å²) in [6.07, 6.45) is 0. The lowest BCUT2D eigenvalue weighted by Gasteiger charge is -2.29. The van der Waals surface area contributed by atoms with E-state index in [1.54, 1.807) is 0 Å². The fourth-order valence-electron chi connectivity index (χ4n) is 1.50. The van der Waals surface area contributed by atoms with Crippen molar-refractivity contribution in [3.05, 3.63) is 11.8 Å². The van der Waals surface area contributed by atoms with Gasteiger partial charge in [-0.15, -0.1) is 0 Å². The SMILES string of the molecule is CNc1nc(C)cc(N(C)C(C)C(C)C)n1. The molecule has 1 aromatic heterocycles. The summed E-state index contributed by atoms with van der Waals surface area (Å²) in [5.41, 5.74) is 0.983. The van der Waals surface area contributed by atoms with E-state index in [4.69, 9.17) is 0 Å². The Morgan fingerprint density at radius 3 is 2.38 bits per heavy atom. The van der Waals surface area contributed by atoms with Crippen LogP contribution in [0.1, 0.15) is 26.5 Å². The molecule has 16 heavy (non-hydrogen) atoms. The van der Waals surface area contributed by atoms with E-state index in [0.717, 1.165) is 11.5 Å². The van der Waals surface area contributed by atoms with Crippen LogP contribution < -0.4 is 10.2 Å². The Hall–Kier alpha value is -1.32. The maximum absolute atomic E-state index is 4.46. The van der Waals surface area contributed by atoms with Gasteiger partial charge in [-0.1, -0.05) is 13.8 Å². The van der Waals surface area contributed by atoms with Crippen molar-refractivity contribution in [1.82, 2.24) is 9.97 Å². The Morgan fingerprint density at radius 2 is 1.88 bits per heavy atom. The number of hydrogen-bond donors (Lipinski definition) is 1. The first-order chi connectivity index (χ1) is 7.45. The van der Waals surface area contributed by atoms with E-state index in [-0.39, 0.29) is 0 Å².